The van der Waals surface area contributed by atoms with E-state index in [1.165, 1.54) is 0 Å². The average molecular weight is 124 g/mol. The van der Waals surface area contributed by atoms with E-state index < -0.39 is 0 Å². The van der Waals surface area contributed by atoms with Gasteiger partial charge in [0, 0.05) is 0 Å². The molecule has 0 amide bonds. The SMILES string of the molecule is N#CC1CCCC1N=O. The van der Waals surface area contributed by atoms with Crippen molar-refractivity contribution in [1.29, 1.82) is 5.26 Å². The van der Waals surface area contributed by atoms with Gasteiger partial charge in [0.25, 0.3) is 0 Å². The fourth-order valence-electron chi connectivity index (χ4n) is 1.22. The lowest BCUT2D eigenvalue weighted by Crippen LogP contribution is -2.07. The molecule has 0 bridgehead atoms. The Morgan fingerprint density at radius 3 is 2.78 bits per heavy atom. The first kappa shape index (κ1) is 6.21. The van der Waals surface area contributed by atoms with Gasteiger partial charge in [-0.2, -0.15) is 10.2 Å². The highest BCUT2D eigenvalue weighted by molar-refractivity contribution is 4.96. The van der Waals surface area contributed by atoms with Crippen LogP contribution in [0.4, 0.5) is 0 Å². The summed E-state index contributed by atoms with van der Waals surface area (Å²) in [5.74, 6) is -0.0949. The summed E-state index contributed by atoms with van der Waals surface area (Å²) in [6, 6.07) is 1.86. The van der Waals surface area contributed by atoms with Crippen molar-refractivity contribution >= 4 is 0 Å². The molecule has 0 N–H and O–H groups in total. The Balaban J connectivity index is 2.53. The van der Waals surface area contributed by atoms with Gasteiger partial charge in [0.05, 0.1) is 12.0 Å². The Labute approximate surface area is 53.6 Å². The van der Waals surface area contributed by atoms with Gasteiger partial charge in [0.15, 0.2) is 0 Å². The van der Waals surface area contributed by atoms with Gasteiger partial charge in [-0.05, 0) is 19.3 Å². The predicted molar refractivity (Wildman–Crippen MR) is 32.5 cm³/mol. The summed E-state index contributed by atoms with van der Waals surface area (Å²) in [6.45, 7) is 0. The van der Waals surface area contributed by atoms with E-state index >= 15 is 0 Å². The summed E-state index contributed by atoms with van der Waals surface area (Å²) in [5.41, 5.74) is 0. The lowest BCUT2D eigenvalue weighted by atomic mass is 10.1. The van der Waals surface area contributed by atoms with Crippen LogP contribution in [0.5, 0.6) is 0 Å². The fraction of sp³-hybridized carbons (Fsp3) is 0.833. The number of rotatable bonds is 1. The van der Waals surface area contributed by atoms with Gasteiger partial charge in [-0.1, -0.05) is 5.18 Å². The zero-order valence-corrected chi connectivity index (χ0v) is 5.08. The van der Waals surface area contributed by atoms with Crippen molar-refractivity contribution in [2.75, 3.05) is 0 Å². The molecule has 0 aliphatic heterocycles. The predicted octanol–water partition coefficient (Wildman–Crippen LogP) is 1.45. The second-order valence-corrected chi connectivity index (χ2v) is 2.34. The number of nitriles is 1. The molecule has 3 heteroatoms. The lowest BCUT2D eigenvalue weighted by Gasteiger charge is -1.99. The van der Waals surface area contributed by atoms with Gasteiger partial charge in [0.2, 0.25) is 0 Å². The Kier molecular flexibility index (Phi) is 1.78. The monoisotopic (exact) mass is 124 g/mol. The summed E-state index contributed by atoms with van der Waals surface area (Å²) in [5, 5.41) is 11.3. The van der Waals surface area contributed by atoms with Crippen molar-refractivity contribution in [3.63, 3.8) is 0 Å². The molecule has 0 spiro atoms. The maximum atomic E-state index is 9.98. The van der Waals surface area contributed by atoms with E-state index in [9.17, 15) is 4.91 Å². The van der Waals surface area contributed by atoms with Crippen molar-refractivity contribution in [2.45, 2.75) is 25.3 Å². The summed E-state index contributed by atoms with van der Waals surface area (Å²) in [7, 11) is 0. The summed E-state index contributed by atoms with van der Waals surface area (Å²) in [6.07, 6.45) is 2.64. The molecule has 2 atom stereocenters. The van der Waals surface area contributed by atoms with Gasteiger partial charge in [-0.25, -0.2) is 0 Å². The molecule has 0 aromatic carbocycles. The third-order valence-corrected chi connectivity index (χ3v) is 1.78. The van der Waals surface area contributed by atoms with Crippen LogP contribution in [0.2, 0.25) is 0 Å². The molecular formula is C6H8N2O. The smallest absolute Gasteiger partial charge is 0.108 e. The molecule has 3 nitrogen and oxygen atoms in total. The van der Waals surface area contributed by atoms with Crippen LogP contribution in [0.1, 0.15) is 19.3 Å². The van der Waals surface area contributed by atoms with Crippen molar-refractivity contribution < 1.29 is 0 Å². The van der Waals surface area contributed by atoms with Crippen LogP contribution in [0, 0.1) is 22.2 Å². The molecule has 1 aliphatic rings. The molecule has 2 unspecified atom stereocenters. The maximum Gasteiger partial charge on any atom is 0.108 e. The molecule has 0 heterocycles. The van der Waals surface area contributed by atoms with Gasteiger partial charge in [-0.3, -0.25) is 0 Å². The quantitative estimate of drug-likeness (QED) is 0.496. The molecule has 48 valence electrons. The van der Waals surface area contributed by atoms with E-state index in [4.69, 9.17) is 5.26 Å². The molecule has 9 heavy (non-hydrogen) atoms. The first-order valence-electron chi connectivity index (χ1n) is 3.10. The molecule has 1 rings (SSSR count). The van der Waals surface area contributed by atoms with E-state index in [0.29, 0.717) is 0 Å². The number of nitrogens with zero attached hydrogens (tertiary/aromatic N) is 2. The fourth-order valence-corrected chi connectivity index (χ4v) is 1.22. The lowest BCUT2D eigenvalue weighted by molar-refractivity contribution is 0.592. The molecule has 1 saturated carbocycles. The first-order chi connectivity index (χ1) is 4.38. The van der Waals surface area contributed by atoms with Crippen LogP contribution in [-0.4, -0.2) is 6.04 Å². The van der Waals surface area contributed by atoms with Crippen molar-refractivity contribution in [2.24, 2.45) is 11.1 Å². The van der Waals surface area contributed by atoms with E-state index in [1.54, 1.807) is 0 Å². The molecule has 0 aromatic rings. The number of hydrogen-bond donors (Lipinski definition) is 0. The zero-order valence-electron chi connectivity index (χ0n) is 5.08. The second-order valence-electron chi connectivity index (χ2n) is 2.34. The van der Waals surface area contributed by atoms with Gasteiger partial charge >= 0.3 is 0 Å². The minimum atomic E-state index is -0.213. The highest BCUT2D eigenvalue weighted by Crippen LogP contribution is 2.26. The van der Waals surface area contributed by atoms with Crippen LogP contribution in [0.25, 0.3) is 0 Å². The minimum Gasteiger partial charge on any atom is -0.198 e. The summed E-state index contributed by atoms with van der Waals surface area (Å²) >= 11 is 0. The summed E-state index contributed by atoms with van der Waals surface area (Å²) in [4.78, 5) is 9.98. The van der Waals surface area contributed by atoms with Crippen molar-refractivity contribution in [3.8, 4) is 6.07 Å². The normalized spacial score (nSPS) is 33.7. The number of nitroso groups, excluding NO2 is 1. The Morgan fingerprint density at radius 2 is 2.33 bits per heavy atom. The maximum absolute atomic E-state index is 9.98. The van der Waals surface area contributed by atoms with Crippen LogP contribution in [-0.2, 0) is 0 Å². The first-order valence-corrected chi connectivity index (χ1v) is 3.10. The Hall–Kier alpha value is -0.910. The topological polar surface area (TPSA) is 53.2 Å². The second kappa shape index (κ2) is 2.58. The molecule has 0 radical (unpaired) electrons. The Bertz CT molecular complexity index is 150. The van der Waals surface area contributed by atoms with Crippen LogP contribution >= 0.6 is 0 Å². The van der Waals surface area contributed by atoms with Crippen LogP contribution in [0.3, 0.4) is 0 Å². The molecule has 1 fully saturated rings. The zero-order chi connectivity index (χ0) is 6.69. The van der Waals surface area contributed by atoms with Crippen molar-refractivity contribution in [1.82, 2.24) is 0 Å². The number of hydrogen-bond acceptors (Lipinski definition) is 3. The van der Waals surface area contributed by atoms with E-state index in [2.05, 4.69) is 11.2 Å². The van der Waals surface area contributed by atoms with Gasteiger partial charge in [-0.15, -0.1) is 0 Å². The molecule has 0 aromatic heterocycles. The van der Waals surface area contributed by atoms with Crippen molar-refractivity contribution in [3.05, 3.63) is 4.91 Å². The largest absolute Gasteiger partial charge is 0.198 e. The van der Waals surface area contributed by atoms with Crippen LogP contribution < -0.4 is 0 Å². The Morgan fingerprint density at radius 1 is 1.56 bits per heavy atom. The summed E-state index contributed by atoms with van der Waals surface area (Å²) < 4.78 is 0. The van der Waals surface area contributed by atoms with Crippen LogP contribution in [0.15, 0.2) is 5.18 Å². The third-order valence-electron chi connectivity index (χ3n) is 1.78. The minimum absolute atomic E-state index is 0.0949. The van der Waals surface area contributed by atoms with Gasteiger partial charge in [0.1, 0.15) is 6.04 Å². The highest BCUT2D eigenvalue weighted by Gasteiger charge is 2.27. The van der Waals surface area contributed by atoms with E-state index in [0.717, 1.165) is 19.3 Å². The third kappa shape index (κ3) is 1.07. The molecule has 1 aliphatic carbocycles. The van der Waals surface area contributed by atoms with E-state index in [-0.39, 0.29) is 12.0 Å². The standard InChI is InChI=1S/C6H8N2O/c7-4-5-2-1-3-6(5)8-9/h5-6H,1-3H2. The molecule has 0 saturated heterocycles. The average Bonchev–Trinajstić information content (AvgIpc) is 2.33. The molecular weight excluding hydrogens is 116 g/mol. The van der Waals surface area contributed by atoms with Gasteiger partial charge < -0.3 is 0 Å². The van der Waals surface area contributed by atoms with E-state index in [1.807, 2.05) is 0 Å². The highest BCUT2D eigenvalue weighted by atomic mass is 16.3.